The highest BCUT2D eigenvalue weighted by atomic mass is 16.5. The maximum absolute atomic E-state index is 9.59. The van der Waals surface area contributed by atoms with Gasteiger partial charge in [0.1, 0.15) is 6.10 Å². The molecular formula is C13H20O4. The van der Waals surface area contributed by atoms with Gasteiger partial charge in [0.15, 0.2) is 0 Å². The van der Waals surface area contributed by atoms with E-state index in [-0.39, 0.29) is 18.6 Å². The van der Waals surface area contributed by atoms with Crippen molar-refractivity contribution in [3.05, 3.63) is 24.3 Å². The van der Waals surface area contributed by atoms with Crippen molar-refractivity contribution >= 4 is 0 Å². The first-order chi connectivity index (χ1) is 9.10. The van der Waals surface area contributed by atoms with Crippen LogP contribution in [0.25, 0.3) is 0 Å². The van der Waals surface area contributed by atoms with E-state index in [0.29, 0.717) is 12.8 Å². The second-order valence-electron chi connectivity index (χ2n) is 4.26. The van der Waals surface area contributed by atoms with E-state index >= 15 is 0 Å². The molecule has 2 saturated heterocycles. The lowest BCUT2D eigenvalue weighted by molar-refractivity contribution is 0.0475. The van der Waals surface area contributed by atoms with Crippen LogP contribution in [0, 0.1) is 5.92 Å². The zero-order valence-electron chi connectivity index (χ0n) is 11.6. The van der Waals surface area contributed by atoms with Crippen LogP contribution in [-0.4, -0.2) is 48.3 Å². The van der Waals surface area contributed by atoms with E-state index < -0.39 is 25.4 Å². The average molecular weight is 244 g/mol. The standard InChI is InChI=1S/C13H20O4/c14-9-13-10(5-7-17-13)3-1-2-4-12-11(15)6-8-16-12/h1-4,10-15H,5-9H2/b3-1+,4-2+/t10-,11-,12+,13+/m0/s1/i7T,8T/t7-,8-,10-,11-,12+,13+. The molecule has 6 atom stereocenters. The minimum Gasteiger partial charge on any atom is -0.394 e. The number of hydrogen-bond donors (Lipinski definition) is 2. The van der Waals surface area contributed by atoms with Gasteiger partial charge in [-0.05, 0) is 12.8 Å². The minimum atomic E-state index is -0.653. The lowest BCUT2D eigenvalue weighted by atomic mass is 10.0. The van der Waals surface area contributed by atoms with Crippen molar-refractivity contribution in [2.75, 3.05) is 19.8 Å². The molecule has 4 nitrogen and oxygen atoms in total. The van der Waals surface area contributed by atoms with Gasteiger partial charge in [0, 0.05) is 12.5 Å². The minimum absolute atomic E-state index is 0.0375. The zero-order valence-corrected chi connectivity index (χ0v) is 9.61. The largest absolute Gasteiger partial charge is 0.394 e. The predicted molar refractivity (Wildman–Crippen MR) is 63.6 cm³/mol. The molecule has 0 unspecified atom stereocenters. The van der Waals surface area contributed by atoms with E-state index in [2.05, 4.69) is 0 Å². The summed E-state index contributed by atoms with van der Waals surface area (Å²) in [7, 11) is 0. The molecule has 96 valence electrons. The summed E-state index contributed by atoms with van der Waals surface area (Å²) in [6.45, 7) is -1.31. The number of hydrogen-bond acceptors (Lipinski definition) is 4. The lowest BCUT2D eigenvalue weighted by Crippen LogP contribution is -2.18. The molecule has 0 aromatic rings. The van der Waals surface area contributed by atoms with E-state index in [1.165, 1.54) is 0 Å². The number of aliphatic hydroxyl groups excluding tert-OH is 2. The number of allylic oxidation sites excluding steroid dienone is 2. The molecule has 0 amide bonds. The van der Waals surface area contributed by atoms with Crippen molar-refractivity contribution in [2.45, 2.75) is 31.2 Å². The van der Waals surface area contributed by atoms with E-state index in [0.717, 1.165) is 0 Å². The third-order valence-corrected chi connectivity index (χ3v) is 3.04. The highest BCUT2D eigenvalue weighted by Crippen LogP contribution is 2.21. The Hall–Kier alpha value is -0.680. The van der Waals surface area contributed by atoms with Gasteiger partial charge in [-0.2, -0.15) is 0 Å². The molecule has 0 spiro atoms. The zero-order chi connectivity index (χ0) is 13.8. The Morgan fingerprint density at radius 3 is 2.65 bits per heavy atom. The van der Waals surface area contributed by atoms with Crippen LogP contribution in [0.5, 0.6) is 0 Å². The SMILES string of the molecule is [3H][C@H]1C[C@H](O)[C@@H](/C=C/C=C/[C@H]2C[C@H]([3H])O[C@@H]2CO)O1. The molecule has 17 heavy (non-hydrogen) atoms. The summed E-state index contributed by atoms with van der Waals surface area (Å²) >= 11 is 0. The Morgan fingerprint density at radius 1 is 1.18 bits per heavy atom. The van der Waals surface area contributed by atoms with Gasteiger partial charge in [0.2, 0.25) is 0 Å². The van der Waals surface area contributed by atoms with Crippen molar-refractivity contribution < 1.29 is 22.4 Å². The molecule has 0 bridgehead atoms. The summed E-state index contributed by atoms with van der Waals surface area (Å²) in [5.41, 5.74) is 0. The fraction of sp³-hybridized carbons (Fsp3) is 0.692. The summed E-state index contributed by atoms with van der Waals surface area (Å²) in [6, 6.07) is 0. The third kappa shape index (κ3) is 3.39. The molecule has 2 heterocycles. The van der Waals surface area contributed by atoms with Crippen molar-refractivity contribution in [1.29, 1.82) is 0 Å². The molecule has 0 radical (unpaired) electrons. The van der Waals surface area contributed by atoms with Crippen LogP contribution in [0.1, 0.15) is 15.6 Å². The van der Waals surface area contributed by atoms with Crippen LogP contribution in [0.2, 0.25) is 0 Å². The maximum atomic E-state index is 9.59. The molecule has 2 N–H and O–H groups in total. The second kappa shape index (κ2) is 6.31. The topological polar surface area (TPSA) is 58.9 Å². The normalized spacial score (nSPS) is 49.1. The van der Waals surface area contributed by atoms with Crippen LogP contribution in [0.3, 0.4) is 0 Å². The van der Waals surface area contributed by atoms with Gasteiger partial charge < -0.3 is 19.7 Å². The second-order valence-corrected chi connectivity index (χ2v) is 4.26. The Labute approximate surface area is 104 Å². The van der Waals surface area contributed by atoms with Crippen molar-refractivity contribution in [2.24, 2.45) is 5.92 Å². The molecule has 4 heteroatoms. The van der Waals surface area contributed by atoms with Crippen molar-refractivity contribution in [1.82, 2.24) is 0 Å². The monoisotopic (exact) mass is 244 g/mol. The molecule has 2 fully saturated rings. The number of ether oxygens (including phenoxy) is 2. The summed E-state index contributed by atoms with van der Waals surface area (Å²) in [5, 5.41) is 18.7. The van der Waals surface area contributed by atoms with E-state index in [9.17, 15) is 5.11 Å². The van der Waals surface area contributed by atoms with Crippen LogP contribution in [-0.2, 0) is 9.47 Å². The Kier molecular flexibility index (Phi) is 3.81. The first-order valence-electron chi connectivity index (χ1n) is 7.05. The highest BCUT2D eigenvalue weighted by Gasteiger charge is 2.25. The molecule has 0 aliphatic carbocycles. The van der Waals surface area contributed by atoms with Gasteiger partial charge in [0.25, 0.3) is 0 Å². The van der Waals surface area contributed by atoms with Crippen molar-refractivity contribution in [3.63, 3.8) is 0 Å². The van der Waals surface area contributed by atoms with Crippen molar-refractivity contribution in [3.8, 4) is 0 Å². The van der Waals surface area contributed by atoms with Gasteiger partial charge in [-0.25, -0.2) is 0 Å². The molecule has 0 aromatic heterocycles. The Bertz CT molecular complexity index is 348. The first kappa shape index (κ1) is 10.3. The van der Waals surface area contributed by atoms with Gasteiger partial charge in [-0.15, -0.1) is 0 Å². The van der Waals surface area contributed by atoms with Crippen LogP contribution in [0.4, 0.5) is 0 Å². The van der Waals surface area contributed by atoms with Gasteiger partial charge >= 0.3 is 0 Å². The molecule has 2 rings (SSSR count). The number of rotatable bonds is 4. The van der Waals surface area contributed by atoms with Crippen LogP contribution < -0.4 is 0 Å². The molecular weight excluding hydrogens is 220 g/mol. The van der Waals surface area contributed by atoms with Gasteiger partial charge in [-0.1, -0.05) is 24.3 Å². The third-order valence-electron chi connectivity index (χ3n) is 3.04. The summed E-state index contributed by atoms with van der Waals surface area (Å²) in [6.07, 6.45) is 6.74. The van der Waals surface area contributed by atoms with Crippen LogP contribution in [0.15, 0.2) is 24.3 Å². The van der Waals surface area contributed by atoms with E-state index in [1.54, 1.807) is 12.2 Å². The lowest BCUT2D eigenvalue weighted by Gasteiger charge is -2.11. The number of aliphatic hydroxyl groups is 2. The summed E-state index contributed by atoms with van der Waals surface area (Å²) in [5.74, 6) is 0.0375. The van der Waals surface area contributed by atoms with Gasteiger partial charge in [0.05, 0.1) is 28.1 Å². The molecule has 0 saturated carbocycles. The quantitative estimate of drug-likeness (QED) is 0.713. The van der Waals surface area contributed by atoms with Gasteiger partial charge in [-0.3, -0.25) is 0 Å². The average Bonchev–Trinajstić information content (AvgIpc) is 2.87. The highest BCUT2D eigenvalue weighted by molar-refractivity contribution is 5.09. The van der Waals surface area contributed by atoms with E-state index in [4.69, 9.17) is 17.3 Å². The van der Waals surface area contributed by atoms with Crippen LogP contribution >= 0.6 is 0 Å². The molecule has 0 aromatic carbocycles. The Balaban J connectivity index is 1.83. The molecule has 2 aliphatic heterocycles. The Morgan fingerprint density at radius 2 is 1.94 bits per heavy atom. The van der Waals surface area contributed by atoms with E-state index in [1.807, 2.05) is 12.2 Å². The predicted octanol–water partition coefficient (Wildman–Crippen LogP) is 0.646. The molecule has 2 aliphatic rings. The first-order valence-corrected chi connectivity index (χ1v) is 5.89. The fourth-order valence-corrected chi connectivity index (χ4v) is 1.97. The summed E-state index contributed by atoms with van der Waals surface area (Å²) < 4.78 is 25.3. The summed E-state index contributed by atoms with van der Waals surface area (Å²) in [4.78, 5) is 0. The fourth-order valence-electron chi connectivity index (χ4n) is 1.97. The maximum Gasteiger partial charge on any atom is 0.102 e. The smallest absolute Gasteiger partial charge is 0.102 e.